The molecule has 0 radical (unpaired) electrons. The number of ether oxygens (including phenoxy) is 2. The first-order valence-electron chi connectivity index (χ1n) is 11.2. The molecule has 0 aliphatic carbocycles. The van der Waals surface area contributed by atoms with E-state index in [2.05, 4.69) is 29.4 Å². The van der Waals surface area contributed by atoms with E-state index in [9.17, 15) is 9.59 Å². The maximum atomic E-state index is 12.3. The van der Waals surface area contributed by atoms with Crippen molar-refractivity contribution in [3.8, 4) is 5.75 Å². The van der Waals surface area contributed by atoms with E-state index in [4.69, 9.17) is 15.3 Å². The molecule has 0 aliphatic rings. The number of rotatable bonds is 11. The lowest BCUT2D eigenvalue weighted by molar-refractivity contribution is -0.137. The van der Waals surface area contributed by atoms with Gasteiger partial charge in [0.25, 0.3) is 0 Å². The fourth-order valence-corrected chi connectivity index (χ4v) is 3.64. The van der Waals surface area contributed by atoms with Gasteiger partial charge in [0.15, 0.2) is 5.82 Å². The molecule has 0 spiro atoms. The normalized spacial score (nSPS) is 11.1. The van der Waals surface area contributed by atoms with Crippen molar-refractivity contribution in [2.24, 2.45) is 0 Å². The largest absolute Gasteiger partial charge is 0.486 e. The zero-order valence-corrected chi connectivity index (χ0v) is 20.7. The summed E-state index contributed by atoms with van der Waals surface area (Å²) in [5.41, 5.74) is 2.68. The lowest BCUT2D eigenvalue weighted by Crippen LogP contribution is -2.18. The number of amides is 1. The molecule has 9 nitrogen and oxygen atoms in total. The van der Waals surface area contributed by atoms with Gasteiger partial charge in [-0.2, -0.15) is 0 Å². The van der Waals surface area contributed by atoms with Crippen LogP contribution < -0.4 is 15.9 Å². The third kappa shape index (κ3) is 7.89. The number of thioether (sulfide) groups is 1. The number of anilines is 1. The Labute approximate surface area is 208 Å². The number of nitrogens with two attached hydrogens (primary N) is 1. The number of hydrogen-bond donors (Lipinski definition) is 2. The topological polar surface area (TPSA) is 121 Å². The van der Waals surface area contributed by atoms with Crippen LogP contribution >= 0.6 is 11.8 Å². The zero-order chi connectivity index (χ0) is 25.2. The summed E-state index contributed by atoms with van der Waals surface area (Å²) in [5.74, 6) is 7.19. The molecule has 1 amide bonds. The molecular weight excluding hydrogens is 466 g/mol. The second-order valence-electron chi connectivity index (χ2n) is 7.83. The maximum Gasteiger partial charge on any atom is 0.330 e. The Hall–Kier alpha value is -3.79. The molecule has 0 atom stereocenters. The summed E-state index contributed by atoms with van der Waals surface area (Å²) >= 11 is 1.18. The standard InChI is InChI=1S/C25H29N5O4S/c1-4-33-24(32)14-7-18-5-10-20(11-6-18)27-23(31)16-35-25-29-28-22(30(25)26)15-34-21-12-8-19(9-13-21)17(2)3/h5-14,17H,4,15-16,26H2,1-3H3,(H,27,31)/b14-7+. The van der Waals surface area contributed by atoms with Gasteiger partial charge in [0, 0.05) is 11.8 Å². The average Bonchev–Trinajstić information content (AvgIpc) is 3.20. The number of carbonyl (C=O) groups excluding carboxylic acids is 2. The van der Waals surface area contributed by atoms with Crippen molar-refractivity contribution < 1.29 is 19.1 Å². The van der Waals surface area contributed by atoms with Crippen LogP contribution in [0.25, 0.3) is 6.08 Å². The molecule has 35 heavy (non-hydrogen) atoms. The second kappa shape index (κ2) is 12.6. The van der Waals surface area contributed by atoms with Gasteiger partial charge in [0.05, 0.1) is 12.4 Å². The average molecular weight is 496 g/mol. The Morgan fingerprint density at radius 1 is 1.11 bits per heavy atom. The van der Waals surface area contributed by atoms with Crippen molar-refractivity contribution in [1.82, 2.24) is 14.9 Å². The van der Waals surface area contributed by atoms with E-state index in [-0.39, 0.29) is 18.3 Å². The van der Waals surface area contributed by atoms with Crippen LogP contribution in [0.15, 0.2) is 59.8 Å². The molecule has 3 aromatic rings. The van der Waals surface area contributed by atoms with Gasteiger partial charge in [0.1, 0.15) is 12.4 Å². The van der Waals surface area contributed by atoms with Gasteiger partial charge in [0.2, 0.25) is 11.1 Å². The van der Waals surface area contributed by atoms with E-state index in [0.29, 0.717) is 34.9 Å². The maximum absolute atomic E-state index is 12.3. The van der Waals surface area contributed by atoms with E-state index in [0.717, 1.165) is 5.56 Å². The number of nitrogens with one attached hydrogen (secondary N) is 1. The van der Waals surface area contributed by atoms with Crippen LogP contribution in [0.1, 0.15) is 43.6 Å². The summed E-state index contributed by atoms with van der Waals surface area (Å²) < 4.78 is 11.9. The van der Waals surface area contributed by atoms with E-state index in [1.807, 2.05) is 24.3 Å². The van der Waals surface area contributed by atoms with E-state index < -0.39 is 5.97 Å². The number of benzene rings is 2. The van der Waals surface area contributed by atoms with Gasteiger partial charge in [-0.05, 0) is 54.3 Å². The van der Waals surface area contributed by atoms with Crippen LogP contribution in [-0.2, 0) is 20.9 Å². The lowest BCUT2D eigenvalue weighted by Gasteiger charge is -2.09. The Morgan fingerprint density at radius 3 is 2.49 bits per heavy atom. The highest BCUT2D eigenvalue weighted by Gasteiger charge is 2.13. The minimum Gasteiger partial charge on any atom is -0.486 e. The first-order chi connectivity index (χ1) is 16.9. The van der Waals surface area contributed by atoms with Crippen LogP contribution in [0, 0.1) is 0 Å². The minimum absolute atomic E-state index is 0.108. The first kappa shape index (κ1) is 25.8. The molecule has 3 rings (SSSR count). The Balaban J connectivity index is 1.46. The lowest BCUT2D eigenvalue weighted by atomic mass is 10.0. The number of nitrogens with zero attached hydrogens (tertiary/aromatic N) is 3. The molecule has 184 valence electrons. The second-order valence-corrected chi connectivity index (χ2v) is 8.77. The van der Waals surface area contributed by atoms with Gasteiger partial charge in [-0.3, -0.25) is 4.79 Å². The minimum atomic E-state index is -0.398. The summed E-state index contributed by atoms with van der Waals surface area (Å²) in [6, 6.07) is 15.0. The highest BCUT2D eigenvalue weighted by molar-refractivity contribution is 7.99. The van der Waals surface area contributed by atoms with E-state index in [1.54, 1.807) is 37.3 Å². The van der Waals surface area contributed by atoms with Crippen molar-refractivity contribution in [3.63, 3.8) is 0 Å². The zero-order valence-electron chi connectivity index (χ0n) is 19.9. The van der Waals surface area contributed by atoms with Gasteiger partial charge >= 0.3 is 5.97 Å². The van der Waals surface area contributed by atoms with E-state index in [1.165, 1.54) is 28.1 Å². The van der Waals surface area contributed by atoms with Gasteiger partial charge in [-0.25, -0.2) is 9.47 Å². The van der Waals surface area contributed by atoms with Crippen LogP contribution in [0.4, 0.5) is 5.69 Å². The van der Waals surface area contributed by atoms with Crippen LogP contribution in [-0.4, -0.2) is 39.1 Å². The third-order valence-corrected chi connectivity index (χ3v) is 5.82. The quantitative estimate of drug-likeness (QED) is 0.177. The van der Waals surface area contributed by atoms with Crippen molar-refractivity contribution in [2.45, 2.75) is 38.5 Å². The van der Waals surface area contributed by atoms with Gasteiger partial charge in [-0.15, -0.1) is 10.2 Å². The molecule has 0 saturated carbocycles. The predicted molar refractivity (Wildman–Crippen MR) is 136 cm³/mol. The third-order valence-electron chi connectivity index (χ3n) is 4.88. The summed E-state index contributed by atoms with van der Waals surface area (Å²) in [6.07, 6.45) is 3.01. The van der Waals surface area contributed by atoms with Crippen LogP contribution in [0.5, 0.6) is 5.75 Å². The smallest absolute Gasteiger partial charge is 0.330 e. The van der Waals surface area contributed by atoms with Gasteiger partial charge in [-0.1, -0.05) is 49.9 Å². The molecule has 0 saturated heterocycles. The molecular formula is C25H29N5O4S. The van der Waals surface area contributed by atoms with Gasteiger partial charge < -0.3 is 20.6 Å². The molecule has 2 aromatic carbocycles. The number of esters is 1. The summed E-state index contributed by atoms with van der Waals surface area (Å²) in [5, 5.41) is 11.3. The van der Waals surface area contributed by atoms with Crippen molar-refractivity contribution >= 4 is 35.4 Å². The highest BCUT2D eigenvalue weighted by atomic mass is 32.2. The monoisotopic (exact) mass is 495 g/mol. The summed E-state index contributed by atoms with van der Waals surface area (Å²) in [6.45, 7) is 6.51. The fourth-order valence-electron chi connectivity index (χ4n) is 2.96. The Kier molecular flexibility index (Phi) is 9.31. The molecule has 0 unspecified atom stereocenters. The molecule has 0 fully saturated rings. The van der Waals surface area contributed by atoms with Crippen molar-refractivity contribution in [2.75, 3.05) is 23.5 Å². The molecule has 0 aliphatic heterocycles. The van der Waals surface area contributed by atoms with Crippen LogP contribution in [0.3, 0.4) is 0 Å². The SMILES string of the molecule is CCOC(=O)/C=C/c1ccc(NC(=O)CSc2nnc(COc3ccc(C(C)C)cc3)n2N)cc1. The summed E-state index contributed by atoms with van der Waals surface area (Å²) in [4.78, 5) is 23.7. The molecule has 1 heterocycles. The fraction of sp³-hybridized carbons (Fsp3) is 0.280. The Bertz CT molecular complexity index is 1160. The number of nitrogen functional groups attached to an aromatic ring is 1. The first-order valence-corrected chi connectivity index (χ1v) is 12.1. The molecule has 0 bridgehead atoms. The molecule has 1 aromatic heterocycles. The van der Waals surface area contributed by atoms with Crippen molar-refractivity contribution in [3.05, 3.63) is 71.6 Å². The van der Waals surface area contributed by atoms with E-state index >= 15 is 0 Å². The number of carbonyl (C=O) groups is 2. The molecule has 3 N–H and O–H groups in total. The summed E-state index contributed by atoms with van der Waals surface area (Å²) in [7, 11) is 0. The predicted octanol–water partition coefficient (Wildman–Crippen LogP) is 4.00. The van der Waals surface area contributed by atoms with Crippen molar-refractivity contribution in [1.29, 1.82) is 0 Å². The number of aromatic nitrogens is 3. The number of hydrogen-bond acceptors (Lipinski definition) is 8. The highest BCUT2D eigenvalue weighted by Crippen LogP contribution is 2.20. The van der Waals surface area contributed by atoms with Crippen LogP contribution in [0.2, 0.25) is 0 Å². The molecule has 10 heteroatoms. The Morgan fingerprint density at radius 2 is 1.83 bits per heavy atom.